The van der Waals surface area contributed by atoms with Gasteiger partial charge in [0.1, 0.15) is 5.76 Å². The molecule has 0 aliphatic heterocycles. The Morgan fingerprint density at radius 3 is 2.95 bits per heavy atom. The summed E-state index contributed by atoms with van der Waals surface area (Å²) in [5.41, 5.74) is 1.54. The highest BCUT2D eigenvalue weighted by atomic mass is 79.9. The first-order valence-electron chi connectivity index (χ1n) is 6.11. The Bertz CT molecular complexity index is 566. The number of nitrogens with one attached hydrogen (secondary N) is 1. The molecule has 0 radical (unpaired) electrons. The van der Waals surface area contributed by atoms with E-state index in [4.69, 9.17) is 4.52 Å². The molecule has 1 aromatic heterocycles. The molecule has 0 bridgehead atoms. The standard InChI is InChI=1S/C14H15BrN2O2/c1-10-8-13(19-17-10)6-3-7-16-14(18)11-4-2-5-12(15)9-11/h2,4-5,8-9H,3,6-7H2,1H3,(H,16,18). The average molecular weight is 323 g/mol. The second kappa shape index (κ2) is 6.52. The fourth-order valence-corrected chi connectivity index (χ4v) is 2.13. The Balaban J connectivity index is 1.75. The van der Waals surface area contributed by atoms with Crippen LogP contribution in [0.25, 0.3) is 0 Å². The summed E-state index contributed by atoms with van der Waals surface area (Å²) in [5.74, 6) is 0.796. The highest BCUT2D eigenvalue weighted by molar-refractivity contribution is 9.10. The van der Waals surface area contributed by atoms with E-state index in [0.717, 1.165) is 28.8 Å². The third-order valence-corrected chi connectivity index (χ3v) is 3.14. The molecule has 4 nitrogen and oxygen atoms in total. The Hall–Kier alpha value is -1.62. The van der Waals surface area contributed by atoms with Crippen molar-refractivity contribution in [2.45, 2.75) is 19.8 Å². The van der Waals surface area contributed by atoms with Gasteiger partial charge >= 0.3 is 0 Å². The molecule has 5 heteroatoms. The molecule has 1 aromatic carbocycles. The van der Waals surface area contributed by atoms with Gasteiger partial charge in [-0.3, -0.25) is 4.79 Å². The van der Waals surface area contributed by atoms with Crippen molar-refractivity contribution in [2.75, 3.05) is 6.54 Å². The summed E-state index contributed by atoms with van der Waals surface area (Å²) in [6.45, 7) is 2.51. The van der Waals surface area contributed by atoms with Crippen LogP contribution in [0.15, 0.2) is 39.3 Å². The van der Waals surface area contributed by atoms with E-state index in [2.05, 4.69) is 26.4 Å². The van der Waals surface area contributed by atoms with Crippen molar-refractivity contribution < 1.29 is 9.32 Å². The van der Waals surface area contributed by atoms with E-state index >= 15 is 0 Å². The number of aryl methyl sites for hydroxylation is 2. The predicted octanol–water partition coefficient (Wildman–Crippen LogP) is 3.11. The van der Waals surface area contributed by atoms with Crippen LogP contribution in [0.2, 0.25) is 0 Å². The zero-order chi connectivity index (χ0) is 13.7. The van der Waals surface area contributed by atoms with Crippen molar-refractivity contribution >= 4 is 21.8 Å². The summed E-state index contributed by atoms with van der Waals surface area (Å²) < 4.78 is 6.00. The second-order valence-corrected chi connectivity index (χ2v) is 5.22. The van der Waals surface area contributed by atoms with E-state index in [1.807, 2.05) is 25.1 Å². The maximum absolute atomic E-state index is 11.8. The predicted molar refractivity (Wildman–Crippen MR) is 76.0 cm³/mol. The molecule has 0 aliphatic rings. The van der Waals surface area contributed by atoms with E-state index in [0.29, 0.717) is 12.1 Å². The van der Waals surface area contributed by atoms with Gasteiger partial charge in [-0.1, -0.05) is 27.2 Å². The summed E-state index contributed by atoms with van der Waals surface area (Å²) in [4.78, 5) is 11.8. The highest BCUT2D eigenvalue weighted by Gasteiger charge is 2.05. The first kappa shape index (κ1) is 13.8. The smallest absolute Gasteiger partial charge is 0.251 e. The number of rotatable bonds is 5. The Kier molecular flexibility index (Phi) is 4.74. The van der Waals surface area contributed by atoms with E-state index in [1.165, 1.54) is 0 Å². The monoisotopic (exact) mass is 322 g/mol. The molecular weight excluding hydrogens is 308 g/mol. The van der Waals surface area contributed by atoms with Crippen LogP contribution in [0.3, 0.4) is 0 Å². The number of aromatic nitrogens is 1. The molecule has 0 aliphatic carbocycles. The van der Waals surface area contributed by atoms with Gasteiger partial charge in [0.15, 0.2) is 0 Å². The van der Waals surface area contributed by atoms with E-state index in [9.17, 15) is 4.79 Å². The van der Waals surface area contributed by atoms with Gasteiger partial charge in [0.2, 0.25) is 0 Å². The minimum atomic E-state index is -0.0601. The topological polar surface area (TPSA) is 55.1 Å². The van der Waals surface area contributed by atoms with Crippen LogP contribution in [-0.4, -0.2) is 17.6 Å². The summed E-state index contributed by atoms with van der Waals surface area (Å²) in [7, 11) is 0. The first-order valence-corrected chi connectivity index (χ1v) is 6.90. The van der Waals surface area contributed by atoms with Crippen LogP contribution in [-0.2, 0) is 6.42 Å². The molecule has 0 spiro atoms. The summed E-state index contributed by atoms with van der Waals surface area (Å²) in [6.07, 6.45) is 1.61. The van der Waals surface area contributed by atoms with E-state index in [1.54, 1.807) is 12.1 Å². The number of nitrogens with zero attached hydrogens (tertiary/aromatic N) is 1. The quantitative estimate of drug-likeness (QED) is 0.860. The number of halogens is 1. The molecule has 0 saturated carbocycles. The van der Waals surface area contributed by atoms with Crippen molar-refractivity contribution in [3.8, 4) is 0 Å². The van der Waals surface area contributed by atoms with Gasteiger partial charge in [-0.05, 0) is 31.5 Å². The summed E-state index contributed by atoms with van der Waals surface area (Å²) in [5, 5.41) is 6.70. The fraction of sp³-hybridized carbons (Fsp3) is 0.286. The van der Waals surface area contributed by atoms with Crippen LogP contribution in [0, 0.1) is 6.92 Å². The molecule has 1 N–H and O–H groups in total. The van der Waals surface area contributed by atoms with Gasteiger partial charge in [-0.15, -0.1) is 0 Å². The molecule has 2 aromatic rings. The normalized spacial score (nSPS) is 10.4. The molecule has 0 fully saturated rings. The summed E-state index contributed by atoms with van der Waals surface area (Å²) >= 11 is 3.35. The Morgan fingerprint density at radius 2 is 2.26 bits per heavy atom. The van der Waals surface area contributed by atoms with E-state index < -0.39 is 0 Å². The van der Waals surface area contributed by atoms with Crippen molar-refractivity contribution in [1.29, 1.82) is 0 Å². The van der Waals surface area contributed by atoms with Crippen molar-refractivity contribution in [2.24, 2.45) is 0 Å². The highest BCUT2D eigenvalue weighted by Crippen LogP contribution is 2.11. The fourth-order valence-electron chi connectivity index (χ4n) is 1.73. The molecule has 0 saturated heterocycles. The maximum Gasteiger partial charge on any atom is 0.251 e. The lowest BCUT2D eigenvalue weighted by molar-refractivity contribution is 0.0953. The summed E-state index contributed by atoms with van der Waals surface area (Å²) in [6, 6.07) is 9.24. The van der Waals surface area contributed by atoms with Crippen molar-refractivity contribution in [1.82, 2.24) is 10.5 Å². The van der Waals surface area contributed by atoms with Gasteiger partial charge in [0, 0.05) is 29.1 Å². The van der Waals surface area contributed by atoms with Crippen LogP contribution in [0.4, 0.5) is 0 Å². The van der Waals surface area contributed by atoms with Gasteiger partial charge < -0.3 is 9.84 Å². The minimum absolute atomic E-state index is 0.0601. The lowest BCUT2D eigenvalue weighted by atomic mass is 10.2. The number of hydrogen-bond acceptors (Lipinski definition) is 3. The third-order valence-electron chi connectivity index (χ3n) is 2.65. The second-order valence-electron chi connectivity index (χ2n) is 4.30. The van der Waals surface area contributed by atoms with Crippen LogP contribution in [0.1, 0.15) is 28.2 Å². The Morgan fingerprint density at radius 1 is 1.42 bits per heavy atom. The Labute approximate surface area is 120 Å². The number of amides is 1. The molecule has 0 unspecified atom stereocenters. The first-order chi connectivity index (χ1) is 9.15. The van der Waals surface area contributed by atoms with Crippen molar-refractivity contribution in [3.63, 3.8) is 0 Å². The van der Waals surface area contributed by atoms with Crippen molar-refractivity contribution in [3.05, 3.63) is 51.8 Å². The molecule has 0 atom stereocenters. The zero-order valence-corrected chi connectivity index (χ0v) is 12.2. The molecule has 1 heterocycles. The number of carbonyl (C=O) groups excluding carboxylic acids is 1. The number of benzene rings is 1. The molecule has 100 valence electrons. The minimum Gasteiger partial charge on any atom is -0.361 e. The number of hydrogen-bond donors (Lipinski definition) is 1. The SMILES string of the molecule is Cc1cc(CCCNC(=O)c2cccc(Br)c2)on1. The van der Waals surface area contributed by atoms with E-state index in [-0.39, 0.29) is 5.91 Å². The molecule has 2 rings (SSSR count). The maximum atomic E-state index is 11.8. The molecular formula is C14H15BrN2O2. The largest absolute Gasteiger partial charge is 0.361 e. The average Bonchev–Trinajstić information content (AvgIpc) is 2.80. The van der Waals surface area contributed by atoms with Gasteiger partial charge in [0.05, 0.1) is 5.69 Å². The van der Waals surface area contributed by atoms with Crippen LogP contribution >= 0.6 is 15.9 Å². The molecule has 19 heavy (non-hydrogen) atoms. The van der Waals surface area contributed by atoms with Gasteiger partial charge in [0.25, 0.3) is 5.91 Å². The third kappa shape index (κ3) is 4.21. The van der Waals surface area contributed by atoms with Crippen LogP contribution in [0.5, 0.6) is 0 Å². The molecule has 1 amide bonds. The lowest BCUT2D eigenvalue weighted by Gasteiger charge is -2.04. The zero-order valence-electron chi connectivity index (χ0n) is 10.6. The lowest BCUT2D eigenvalue weighted by Crippen LogP contribution is -2.24. The van der Waals surface area contributed by atoms with Crippen LogP contribution < -0.4 is 5.32 Å². The van der Waals surface area contributed by atoms with Gasteiger partial charge in [-0.2, -0.15) is 0 Å². The number of carbonyl (C=O) groups is 1. The van der Waals surface area contributed by atoms with Gasteiger partial charge in [-0.25, -0.2) is 0 Å².